The van der Waals surface area contributed by atoms with Gasteiger partial charge in [-0.05, 0) is 0 Å². The quantitative estimate of drug-likeness (QED) is 0.173. The van der Waals surface area contributed by atoms with Crippen molar-refractivity contribution in [2.24, 2.45) is 0 Å². The van der Waals surface area contributed by atoms with Crippen LogP contribution in [0.4, 0.5) is 43.9 Å². The summed E-state index contributed by atoms with van der Waals surface area (Å²) in [4.78, 5) is 1.53. The molecule has 12 heteroatoms. The number of hydrogen-bond acceptors (Lipinski definition) is 1. The molecule has 0 bridgehead atoms. The Bertz CT molecular complexity index is 1120. The molecule has 0 aromatic heterocycles. The van der Waals surface area contributed by atoms with Gasteiger partial charge in [0.25, 0.3) is 0 Å². The van der Waals surface area contributed by atoms with E-state index in [4.69, 9.17) is 0 Å². The Kier molecular flexibility index (Phi) is 7.38. The molecule has 1 nitrogen and oxygen atoms in total. The molecule has 0 saturated carbocycles. The molecule has 0 unspecified atom stereocenters. The minimum absolute atomic E-state index is 0.0210. The van der Waals surface area contributed by atoms with E-state index in [0.717, 1.165) is 6.07 Å². The molecule has 0 amide bonds. The summed E-state index contributed by atoms with van der Waals surface area (Å²) in [7, 11) is 3.11. The third-order valence-electron chi connectivity index (χ3n) is 4.54. The van der Waals surface area contributed by atoms with Gasteiger partial charge in [0.05, 0.1) is 0 Å². The fourth-order valence-electron chi connectivity index (χ4n) is 3.14. The van der Waals surface area contributed by atoms with Crippen LogP contribution in [0.5, 0.6) is 0 Å². The monoisotopic (exact) mass is 677 g/mol. The van der Waals surface area contributed by atoms with E-state index in [-0.39, 0.29) is 15.4 Å². The van der Waals surface area contributed by atoms with Crippen molar-refractivity contribution >= 4 is 31.6 Å². The molecule has 176 valence electrons. The molecule has 0 aliphatic rings. The Morgan fingerprint density at radius 3 is 1.24 bits per heavy atom. The van der Waals surface area contributed by atoms with Gasteiger partial charge in [-0.2, -0.15) is 0 Å². The summed E-state index contributed by atoms with van der Waals surface area (Å²) < 4.78 is 139. The van der Waals surface area contributed by atoms with E-state index in [1.807, 2.05) is 0 Å². The van der Waals surface area contributed by atoms with Gasteiger partial charge in [0.1, 0.15) is 0 Å². The Morgan fingerprint density at radius 1 is 0.545 bits per heavy atom. The van der Waals surface area contributed by atoms with Crippen molar-refractivity contribution in [2.45, 2.75) is 6.54 Å². The van der Waals surface area contributed by atoms with Crippen LogP contribution in [0.15, 0.2) is 24.3 Å². The van der Waals surface area contributed by atoms with Crippen molar-refractivity contribution in [2.75, 3.05) is 14.1 Å². The van der Waals surface area contributed by atoms with E-state index in [1.54, 1.807) is 14.1 Å². The van der Waals surface area contributed by atoms with Gasteiger partial charge in [0, 0.05) is 0 Å². The van der Waals surface area contributed by atoms with Crippen molar-refractivity contribution in [1.82, 2.24) is 4.90 Å². The number of halogens is 10. The fourth-order valence-corrected chi connectivity index (χ4v) is 13.1. The first-order chi connectivity index (χ1) is 15.4. The first-order valence-electron chi connectivity index (χ1n) is 8.95. The molecule has 0 heterocycles. The average Bonchev–Trinajstić information content (AvgIpc) is 2.78. The zero-order valence-electron chi connectivity index (χ0n) is 16.7. The maximum absolute atomic E-state index is 14.8. The molecule has 0 atom stereocenters. The molecular formula is C21H12BiF10N. The van der Waals surface area contributed by atoms with Crippen LogP contribution in [0.25, 0.3) is 0 Å². The molecule has 33 heavy (non-hydrogen) atoms. The van der Waals surface area contributed by atoms with Crippen molar-refractivity contribution in [3.8, 4) is 0 Å². The number of hydrogen-bond donors (Lipinski definition) is 0. The molecule has 3 aromatic carbocycles. The normalized spacial score (nSPS) is 11.7. The summed E-state index contributed by atoms with van der Waals surface area (Å²) in [5, 5.41) is 0. The molecule has 0 aliphatic carbocycles. The Morgan fingerprint density at radius 2 is 0.879 bits per heavy atom. The van der Waals surface area contributed by atoms with Crippen molar-refractivity contribution in [3.05, 3.63) is 88.0 Å². The van der Waals surface area contributed by atoms with Crippen LogP contribution in [0, 0.1) is 58.2 Å². The van der Waals surface area contributed by atoms with E-state index in [9.17, 15) is 43.9 Å². The van der Waals surface area contributed by atoms with Crippen LogP contribution < -0.4 is 9.81 Å². The Balaban J connectivity index is 2.54. The maximum atomic E-state index is 14.8. The Labute approximate surface area is 188 Å². The number of nitrogens with zero attached hydrogens (tertiary/aromatic N) is 1. The van der Waals surface area contributed by atoms with Gasteiger partial charge in [0.2, 0.25) is 0 Å². The standard InChI is InChI=1S/C9H12N.2C6F5.Bi/c1-10(2)8-9-6-4-3-5-7-9;2*7-2-1-3(8)5(10)6(11)4(2)9;/h3-6H,8H2,1-2H3;;;. The van der Waals surface area contributed by atoms with Crippen molar-refractivity contribution in [3.63, 3.8) is 0 Å². The van der Waals surface area contributed by atoms with E-state index in [2.05, 4.69) is 0 Å². The second-order valence-corrected chi connectivity index (χ2v) is 15.0. The van der Waals surface area contributed by atoms with Crippen molar-refractivity contribution < 1.29 is 43.9 Å². The van der Waals surface area contributed by atoms with Crippen LogP contribution in [-0.4, -0.2) is 40.7 Å². The summed E-state index contributed by atoms with van der Waals surface area (Å²) >= 11 is -5.45. The third-order valence-corrected chi connectivity index (χ3v) is 14.6. The molecule has 0 fully saturated rings. The third kappa shape index (κ3) is 4.35. The van der Waals surface area contributed by atoms with E-state index in [0.29, 0.717) is 0 Å². The molecule has 0 radical (unpaired) electrons. The first kappa shape index (κ1) is 25.4. The summed E-state index contributed by atoms with van der Waals surface area (Å²) in [5.41, 5.74) is 0.160. The van der Waals surface area contributed by atoms with E-state index < -0.39 is 86.5 Å². The van der Waals surface area contributed by atoms with E-state index in [1.165, 1.54) is 23.1 Å². The van der Waals surface area contributed by atoms with Gasteiger partial charge in [-0.25, -0.2) is 0 Å². The first-order valence-corrected chi connectivity index (χ1v) is 14.2. The number of benzene rings is 3. The minimum atomic E-state index is -5.45. The van der Waals surface area contributed by atoms with Crippen LogP contribution in [0.1, 0.15) is 5.56 Å². The number of rotatable bonds is 5. The average molecular weight is 677 g/mol. The van der Waals surface area contributed by atoms with Crippen LogP contribution in [0.2, 0.25) is 0 Å². The summed E-state index contributed by atoms with van der Waals surface area (Å²) in [5.74, 6) is -24.1. The molecule has 3 rings (SSSR count). The predicted octanol–water partition coefficient (Wildman–Crippen LogP) is 3.66. The van der Waals surface area contributed by atoms with Crippen LogP contribution in [-0.2, 0) is 6.54 Å². The van der Waals surface area contributed by atoms with Crippen LogP contribution >= 0.6 is 0 Å². The van der Waals surface area contributed by atoms with Gasteiger partial charge in [-0.1, -0.05) is 0 Å². The van der Waals surface area contributed by atoms with E-state index >= 15 is 0 Å². The summed E-state index contributed by atoms with van der Waals surface area (Å²) in [6.07, 6.45) is 0. The van der Waals surface area contributed by atoms with Gasteiger partial charge in [-0.15, -0.1) is 0 Å². The predicted molar refractivity (Wildman–Crippen MR) is 101 cm³/mol. The molecule has 0 aliphatic heterocycles. The SMILES string of the molecule is CN(C)Cc1cccc[c]1[Bi]([c]1c(F)c(F)c(F)c(F)c1F)[c]1c(F)c(F)c(F)c(F)c1F. The second kappa shape index (κ2) is 9.58. The van der Waals surface area contributed by atoms with Crippen molar-refractivity contribution in [1.29, 1.82) is 0 Å². The van der Waals surface area contributed by atoms with Gasteiger partial charge < -0.3 is 0 Å². The molecule has 0 spiro atoms. The summed E-state index contributed by atoms with van der Waals surface area (Å²) in [6, 6.07) is 5.17. The molecule has 0 N–H and O–H groups in total. The zero-order valence-corrected chi connectivity index (χ0v) is 20.2. The topological polar surface area (TPSA) is 3.24 Å². The fraction of sp³-hybridized carbons (Fsp3) is 0.143. The van der Waals surface area contributed by atoms with Gasteiger partial charge >= 0.3 is 189 Å². The molecule has 3 aromatic rings. The summed E-state index contributed by atoms with van der Waals surface area (Å²) in [6.45, 7) is -0.0210. The second-order valence-electron chi connectivity index (χ2n) is 7.04. The van der Waals surface area contributed by atoms with Crippen LogP contribution in [0.3, 0.4) is 0 Å². The van der Waals surface area contributed by atoms with Gasteiger partial charge in [0.15, 0.2) is 0 Å². The molecule has 0 saturated heterocycles. The molecular weight excluding hydrogens is 665 g/mol. The van der Waals surface area contributed by atoms with Gasteiger partial charge in [-0.3, -0.25) is 0 Å². The Hall–Kier alpha value is -2.20. The zero-order chi connectivity index (χ0) is 24.8.